The van der Waals surface area contributed by atoms with Gasteiger partial charge in [0, 0.05) is 38.4 Å². The molecular formula is C19H25FN4O5S. The molecule has 0 radical (unpaired) electrons. The minimum Gasteiger partial charge on any atom is -0.463 e. The fourth-order valence-electron chi connectivity index (χ4n) is 3.53. The quantitative estimate of drug-likeness (QED) is 0.629. The Labute approximate surface area is 174 Å². The predicted octanol–water partition coefficient (Wildman–Crippen LogP) is 0.651. The van der Waals surface area contributed by atoms with Crippen LogP contribution in [0.4, 0.5) is 9.18 Å². The summed E-state index contributed by atoms with van der Waals surface area (Å²) in [6.07, 6.45) is 0. The molecule has 1 aromatic carbocycles. The lowest BCUT2D eigenvalue weighted by Crippen LogP contribution is -2.54. The van der Waals surface area contributed by atoms with Gasteiger partial charge in [0.05, 0.1) is 23.1 Å². The second kappa shape index (κ2) is 9.11. The number of hydrogen-bond donors (Lipinski definition) is 2. The number of amides is 2. The number of hydrogen-bond acceptors (Lipinski definition) is 6. The summed E-state index contributed by atoms with van der Waals surface area (Å²) in [7, 11) is -3.79. The number of esters is 1. The van der Waals surface area contributed by atoms with Crippen LogP contribution in [0, 0.1) is 5.82 Å². The molecule has 0 aliphatic carbocycles. The van der Waals surface area contributed by atoms with Crippen molar-refractivity contribution >= 4 is 22.0 Å². The molecule has 1 saturated heterocycles. The largest absolute Gasteiger partial charge is 0.463 e. The van der Waals surface area contributed by atoms with Crippen molar-refractivity contribution in [3.63, 3.8) is 0 Å². The van der Waals surface area contributed by atoms with Gasteiger partial charge in [-0.15, -0.1) is 0 Å². The first-order valence-corrected chi connectivity index (χ1v) is 11.1. The van der Waals surface area contributed by atoms with Gasteiger partial charge >= 0.3 is 12.0 Å². The van der Waals surface area contributed by atoms with E-state index in [1.807, 2.05) is 4.90 Å². The van der Waals surface area contributed by atoms with Crippen LogP contribution in [0.2, 0.25) is 0 Å². The van der Waals surface area contributed by atoms with E-state index in [2.05, 4.69) is 10.6 Å². The number of ether oxygens (including phenoxy) is 1. The predicted molar refractivity (Wildman–Crippen MR) is 106 cm³/mol. The lowest BCUT2D eigenvalue weighted by atomic mass is 10.0. The summed E-state index contributed by atoms with van der Waals surface area (Å²) < 4.78 is 45.3. The number of piperazine rings is 1. The maximum absolute atomic E-state index is 13.4. The number of benzene rings is 1. The number of nitrogens with one attached hydrogen (secondary N) is 2. The van der Waals surface area contributed by atoms with Gasteiger partial charge < -0.3 is 15.4 Å². The van der Waals surface area contributed by atoms with Gasteiger partial charge in [-0.05, 0) is 32.0 Å². The highest BCUT2D eigenvalue weighted by Gasteiger charge is 2.33. The van der Waals surface area contributed by atoms with Crippen LogP contribution in [0.5, 0.6) is 0 Å². The zero-order valence-electron chi connectivity index (χ0n) is 16.9. The lowest BCUT2D eigenvalue weighted by molar-refractivity contribution is -0.139. The summed E-state index contributed by atoms with van der Waals surface area (Å²) in [6, 6.07) is 4.03. The molecule has 2 heterocycles. The molecule has 1 aromatic rings. The van der Waals surface area contributed by atoms with Crippen LogP contribution >= 0.6 is 0 Å². The molecule has 9 nitrogen and oxygen atoms in total. The first-order valence-electron chi connectivity index (χ1n) is 9.68. The maximum Gasteiger partial charge on any atom is 0.337 e. The summed E-state index contributed by atoms with van der Waals surface area (Å²) in [6.45, 7) is 5.11. The highest BCUT2D eigenvalue weighted by Crippen LogP contribution is 2.20. The minimum atomic E-state index is -3.79. The molecule has 1 atom stereocenters. The smallest absolute Gasteiger partial charge is 0.337 e. The van der Waals surface area contributed by atoms with E-state index in [1.165, 1.54) is 22.5 Å². The van der Waals surface area contributed by atoms with Crippen LogP contribution in [-0.2, 0) is 19.6 Å². The molecule has 1 unspecified atom stereocenters. The van der Waals surface area contributed by atoms with Crippen LogP contribution in [0.3, 0.4) is 0 Å². The van der Waals surface area contributed by atoms with Crippen molar-refractivity contribution in [1.82, 2.24) is 19.8 Å². The number of urea groups is 1. The summed E-state index contributed by atoms with van der Waals surface area (Å²) in [4.78, 5) is 26.1. The van der Waals surface area contributed by atoms with Crippen molar-refractivity contribution in [3.8, 4) is 0 Å². The fourth-order valence-corrected chi connectivity index (χ4v) is 4.99. The molecule has 0 saturated carbocycles. The van der Waals surface area contributed by atoms with Gasteiger partial charge in [-0.2, -0.15) is 4.31 Å². The minimum absolute atomic E-state index is 0.0808. The monoisotopic (exact) mass is 440 g/mol. The summed E-state index contributed by atoms with van der Waals surface area (Å²) in [5.74, 6) is -1.11. The van der Waals surface area contributed by atoms with E-state index in [-0.39, 0.29) is 31.1 Å². The molecule has 1 fully saturated rings. The third kappa shape index (κ3) is 4.79. The molecule has 2 aliphatic rings. The van der Waals surface area contributed by atoms with E-state index in [1.54, 1.807) is 13.8 Å². The highest BCUT2D eigenvalue weighted by molar-refractivity contribution is 7.89. The number of sulfonamides is 1. The molecule has 2 aliphatic heterocycles. The molecule has 0 bridgehead atoms. The third-order valence-corrected chi connectivity index (χ3v) is 6.91. The Bertz CT molecular complexity index is 957. The first kappa shape index (κ1) is 22.2. The SMILES string of the molecule is CCOC(=O)C1=C(CN2CCN(S(=O)(=O)c3cccc(F)c3)CC2)NC(=O)NC1C. The van der Waals surface area contributed by atoms with E-state index in [0.717, 1.165) is 6.07 Å². The fraction of sp³-hybridized carbons (Fsp3) is 0.474. The van der Waals surface area contributed by atoms with Crippen molar-refractivity contribution in [1.29, 1.82) is 0 Å². The van der Waals surface area contributed by atoms with Crippen LogP contribution < -0.4 is 10.6 Å². The Balaban J connectivity index is 1.70. The van der Waals surface area contributed by atoms with Crippen LogP contribution in [0.25, 0.3) is 0 Å². The number of carbonyl (C=O) groups excluding carboxylic acids is 2. The molecule has 30 heavy (non-hydrogen) atoms. The van der Waals surface area contributed by atoms with Crippen molar-refractivity contribution in [2.75, 3.05) is 39.3 Å². The Morgan fingerprint density at radius 3 is 2.60 bits per heavy atom. The molecule has 0 aromatic heterocycles. The normalized spacial score (nSPS) is 21.2. The molecule has 3 rings (SSSR count). The lowest BCUT2D eigenvalue weighted by Gasteiger charge is -2.36. The van der Waals surface area contributed by atoms with Crippen molar-refractivity contribution < 1.29 is 27.1 Å². The highest BCUT2D eigenvalue weighted by atomic mass is 32.2. The van der Waals surface area contributed by atoms with Gasteiger partial charge in [0.2, 0.25) is 10.0 Å². The maximum atomic E-state index is 13.4. The second-order valence-electron chi connectivity index (χ2n) is 7.07. The number of halogens is 1. The molecule has 0 spiro atoms. The van der Waals surface area contributed by atoms with E-state index in [4.69, 9.17) is 4.74 Å². The first-order chi connectivity index (χ1) is 14.2. The van der Waals surface area contributed by atoms with Gasteiger partial charge in [0.1, 0.15) is 5.82 Å². The molecule has 2 amide bonds. The molecular weight excluding hydrogens is 415 g/mol. The van der Waals surface area contributed by atoms with Crippen LogP contribution in [-0.4, -0.2) is 75.0 Å². The van der Waals surface area contributed by atoms with Crippen LogP contribution in [0.15, 0.2) is 40.4 Å². The zero-order valence-corrected chi connectivity index (χ0v) is 17.7. The van der Waals surface area contributed by atoms with E-state index in [9.17, 15) is 22.4 Å². The van der Waals surface area contributed by atoms with Gasteiger partial charge in [0.15, 0.2) is 0 Å². The van der Waals surface area contributed by atoms with Gasteiger partial charge in [0.25, 0.3) is 0 Å². The number of carbonyl (C=O) groups is 2. The third-order valence-electron chi connectivity index (χ3n) is 5.01. The topological polar surface area (TPSA) is 108 Å². The van der Waals surface area contributed by atoms with Crippen molar-refractivity contribution in [3.05, 3.63) is 41.4 Å². The number of rotatable bonds is 6. The van der Waals surface area contributed by atoms with E-state index < -0.39 is 33.9 Å². The van der Waals surface area contributed by atoms with Gasteiger partial charge in [-0.25, -0.2) is 22.4 Å². The standard InChI is InChI=1S/C19H25FN4O5S/c1-3-29-18(25)17-13(2)21-19(26)22-16(17)12-23-7-9-24(10-8-23)30(27,28)15-6-4-5-14(20)11-15/h4-6,11,13H,3,7-10,12H2,1-2H3,(H2,21,22,26). The average Bonchev–Trinajstić information content (AvgIpc) is 2.68. The van der Waals surface area contributed by atoms with Crippen molar-refractivity contribution in [2.24, 2.45) is 0 Å². The Morgan fingerprint density at radius 1 is 1.27 bits per heavy atom. The Morgan fingerprint density at radius 2 is 1.97 bits per heavy atom. The zero-order chi connectivity index (χ0) is 21.9. The van der Waals surface area contributed by atoms with Gasteiger partial charge in [-0.3, -0.25) is 4.90 Å². The van der Waals surface area contributed by atoms with Gasteiger partial charge in [-0.1, -0.05) is 6.07 Å². The Hall–Kier alpha value is -2.50. The molecule has 164 valence electrons. The average molecular weight is 440 g/mol. The molecule has 11 heteroatoms. The van der Waals surface area contributed by atoms with Crippen molar-refractivity contribution in [2.45, 2.75) is 24.8 Å². The summed E-state index contributed by atoms with van der Waals surface area (Å²) >= 11 is 0. The van der Waals surface area contributed by atoms with Crippen LogP contribution in [0.1, 0.15) is 13.8 Å². The number of nitrogens with zero attached hydrogens (tertiary/aromatic N) is 2. The Kier molecular flexibility index (Phi) is 6.74. The summed E-state index contributed by atoms with van der Waals surface area (Å²) in [5, 5.41) is 5.31. The van der Waals surface area contributed by atoms with E-state index >= 15 is 0 Å². The second-order valence-corrected chi connectivity index (χ2v) is 9.01. The molecule has 2 N–H and O–H groups in total. The summed E-state index contributed by atoms with van der Waals surface area (Å²) in [5.41, 5.74) is 0.803. The van der Waals surface area contributed by atoms with E-state index in [0.29, 0.717) is 24.4 Å².